The fourth-order valence-electron chi connectivity index (χ4n) is 2.47. The molecule has 1 amide bonds. The van der Waals surface area contributed by atoms with Crippen molar-refractivity contribution >= 4 is 33.9 Å². The van der Waals surface area contributed by atoms with Gasteiger partial charge >= 0.3 is 0 Å². The lowest BCUT2D eigenvalue weighted by Crippen LogP contribution is -2.18. The second-order valence-corrected chi connectivity index (χ2v) is 5.01. The zero-order valence-electron chi connectivity index (χ0n) is 11.7. The molecule has 0 atom stereocenters. The van der Waals surface area contributed by atoms with Crippen LogP contribution in [0, 0.1) is 0 Å². The van der Waals surface area contributed by atoms with Crippen LogP contribution in [0.4, 0.5) is 5.95 Å². The molecule has 0 fully saturated rings. The van der Waals surface area contributed by atoms with Gasteiger partial charge in [-0.2, -0.15) is 0 Å². The maximum Gasteiger partial charge on any atom is 0.246 e. The van der Waals surface area contributed by atoms with Crippen molar-refractivity contribution in [2.24, 2.45) is 0 Å². The number of anilines is 1. The molecule has 0 radical (unpaired) electrons. The van der Waals surface area contributed by atoms with Gasteiger partial charge < -0.3 is 9.55 Å². The quantitative estimate of drug-likeness (QED) is 0.609. The summed E-state index contributed by atoms with van der Waals surface area (Å²) in [4.78, 5) is 23.9. The van der Waals surface area contributed by atoms with Crippen molar-refractivity contribution in [2.45, 2.75) is 6.54 Å². The van der Waals surface area contributed by atoms with E-state index >= 15 is 0 Å². The van der Waals surface area contributed by atoms with Crippen molar-refractivity contribution in [2.75, 3.05) is 5.32 Å². The summed E-state index contributed by atoms with van der Waals surface area (Å²) in [7, 11) is 0. The van der Waals surface area contributed by atoms with Crippen LogP contribution in [-0.2, 0) is 11.3 Å². The molecule has 0 spiro atoms. The van der Waals surface area contributed by atoms with Crippen molar-refractivity contribution < 1.29 is 4.79 Å². The maximum atomic E-state index is 12.2. The Kier molecular flexibility index (Phi) is 2.86. The van der Waals surface area contributed by atoms with Crippen LogP contribution in [0.2, 0.25) is 0 Å². The van der Waals surface area contributed by atoms with Gasteiger partial charge in [-0.15, -0.1) is 0 Å². The first-order chi connectivity index (χ1) is 10.8. The molecule has 22 heavy (non-hydrogen) atoms. The number of carbonyl (C=O) groups is 1. The number of hydrogen-bond donors (Lipinski definition) is 2. The molecule has 6 heteroatoms. The van der Waals surface area contributed by atoms with Gasteiger partial charge in [0.2, 0.25) is 11.9 Å². The monoisotopic (exact) mass is 291 g/mol. The molecule has 6 nitrogen and oxygen atoms in total. The number of hydrogen-bond acceptors (Lipinski definition) is 3. The molecule has 2 aromatic carbocycles. The average molecular weight is 291 g/mol. The van der Waals surface area contributed by atoms with Gasteiger partial charge in [-0.25, -0.2) is 9.97 Å². The zero-order valence-corrected chi connectivity index (χ0v) is 11.7. The van der Waals surface area contributed by atoms with Crippen LogP contribution in [0.25, 0.3) is 22.1 Å². The van der Waals surface area contributed by atoms with Gasteiger partial charge in [0.05, 0.1) is 28.4 Å². The first-order valence-corrected chi connectivity index (χ1v) is 6.94. The topological polar surface area (TPSA) is 75.6 Å². The predicted octanol–water partition coefficient (Wildman–Crippen LogP) is 2.55. The summed E-state index contributed by atoms with van der Waals surface area (Å²) in [6.07, 6.45) is 1.67. The normalized spacial score (nSPS) is 11.1. The molecule has 2 heterocycles. The van der Waals surface area contributed by atoms with E-state index in [2.05, 4.69) is 20.3 Å². The summed E-state index contributed by atoms with van der Waals surface area (Å²) in [5, 5.41) is 2.78. The van der Waals surface area contributed by atoms with Crippen LogP contribution in [0.15, 0.2) is 54.9 Å². The van der Waals surface area contributed by atoms with Crippen LogP contribution < -0.4 is 5.32 Å². The first-order valence-electron chi connectivity index (χ1n) is 6.94. The highest BCUT2D eigenvalue weighted by molar-refractivity contribution is 5.91. The molecule has 2 N–H and O–H groups in total. The highest BCUT2D eigenvalue weighted by Gasteiger charge is 2.09. The minimum absolute atomic E-state index is 0.151. The van der Waals surface area contributed by atoms with E-state index in [1.165, 1.54) is 0 Å². The Labute approximate surface area is 125 Å². The molecule has 0 aliphatic heterocycles. The van der Waals surface area contributed by atoms with Crippen LogP contribution in [0.3, 0.4) is 0 Å². The third-order valence-corrected chi connectivity index (χ3v) is 3.49. The lowest BCUT2D eigenvalue weighted by Gasteiger charge is -2.04. The van der Waals surface area contributed by atoms with Crippen molar-refractivity contribution in [1.82, 2.24) is 19.5 Å². The molecule has 0 saturated heterocycles. The number of aromatic nitrogens is 4. The fraction of sp³-hybridized carbons (Fsp3) is 0.0625. The Bertz CT molecular complexity index is 936. The van der Waals surface area contributed by atoms with E-state index in [4.69, 9.17) is 0 Å². The van der Waals surface area contributed by atoms with Gasteiger partial charge in [0.25, 0.3) is 0 Å². The molecule has 0 unspecified atom stereocenters. The number of benzene rings is 2. The summed E-state index contributed by atoms with van der Waals surface area (Å²) in [5.41, 5.74) is 3.53. The fourth-order valence-corrected chi connectivity index (χ4v) is 2.47. The van der Waals surface area contributed by atoms with Gasteiger partial charge in [-0.3, -0.25) is 10.1 Å². The van der Waals surface area contributed by atoms with Crippen LogP contribution in [0.5, 0.6) is 0 Å². The molecule has 4 rings (SSSR count). The van der Waals surface area contributed by atoms with Gasteiger partial charge in [-0.05, 0) is 24.3 Å². The standard InChI is InChI=1S/C16H13N5O/c22-15(9-21-10-17-13-7-3-4-8-14(13)21)20-16-18-11-5-1-2-6-12(11)19-16/h1-8,10H,9H2,(H2,18,19,20,22). The second-order valence-electron chi connectivity index (χ2n) is 5.01. The summed E-state index contributed by atoms with van der Waals surface area (Å²) < 4.78 is 1.81. The number of H-pyrrole nitrogens is 1. The van der Waals surface area contributed by atoms with Crippen molar-refractivity contribution in [3.63, 3.8) is 0 Å². The van der Waals surface area contributed by atoms with E-state index in [-0.39, 0.29) is 12.5 Å². The van der Waals surface area contributed by atoms with Gasteiger partial charge in [0.1, 0.15) is 6.54 Å². The molecular formula is C16H13N5O. The van der Waals surface area contributed by atoms with Crippen molar-refractivity contribution in [3.8, 4) is 0 Å². The Morgan fingerprint density at radius 1 is 1.09 bits per heavy atom. The van der Waals surface area contributed by atoms with Crippen LogP contribution in [-0.4, -0.2) is 25.4 Å². The van der Waals surface area contributed by atoms with Crippen molar-refractivity contribution in [3.05, 3.63) is 54.9 Å². The maximum absolute atomic E-state index is 12.2. The number of para-hydroxylation sites is 4. The predicted molar refractivity (Wildman–Crippen MR) is 84.5 cm³/mol. The summed E-state index contributed by atoms with van der Waals surface area (Å²) in [6.45, 7) is 0.192. The van der Waals surface area contributed by atoms with Crippen LogP contribution >= 0.6 is 0 Å². The lowest BCUT2D eigenvalue weighted by molar-refractivity contribution is -0.116. The average Bonchev–Trinajstić information content (AvgIpc) is 3.11. The molecular weight excluding hydrogens is 278 g/mol. The Morgan fingerprint density at radius 2 is 1.86 bits per heavy atom. The number of aromatic amines is 1. The van der Waals surface area contributed by atoms with E-state index in [1.807, 2.05) is 53.1 Å². The molecule has 0 saturated carbocycles. The van der Waals surface area contributed by atoms with E-state index < -0.39 is 0 Å². The Hall–Kier alpha value is -3.15. The Balaban J connectivity index is 1.55. The zero-order chi connectivity index (χ0) is 14.9. The van der Waals surface area contributed by atoms with Gasteiger partial charge in [0.15, 0.2) is 0 Å². The molecule has 0 bridgehead atoms. The smallest absolute Gasteiger partial charge is 0.246 e. The second kappa shape index (κ2) is 5.00. The highest BCUT2D eigenvalue weighted by atomic mass is 16.2. The minimum atomic E-state index is -0.151. The van der Waals surface area contributed by atoms with E-state index in [0.717, 1.165) is 22.1 Å². The number of rotatable bonds is 3. The first kappa shape index (κ1) is 12.6. The van der Waals surface area contributed by atoms with E-state index in [0.29, 0.717) is 5.95 Å². The van der Waals surface area contributed by atoms with Gasteiger partial charge in [-0.1, -0.05) is 24.3 Å². The van der Waals surface area contributed by atoms with Crippen LogP contribution in [0.1, 0.15) is 0 Å². The van der Waals surface area contributed by atoms with Crippen molar-refractivity contribution in [1.29, 1.82) is 0 Å². The minimum Gasteiger partial charge on any atom is -0.324 e. The number of imidazole rings is 2. The number of nitrogens with one attached hydrogen (secondary N) is 2. The number of nitrogens with zero attached hydrogens (tertiary/aromatic N) is 3. The summed E-state index contributed by atoms with van der Waals surface area (Å²) in [5.74, 6) is 0.304. The molecule has 0 aliphatic carbocycles. The number of carbonyl (C=O) groups excluding carboxylic acids is 1. The number of amides is 1. The third-order valence-electron chi connectivity index (χ3n) is 3.49. The lowest BCUT2D eigenvalue weighted by atomic mass is 10.3. The SMILES string of the molecule is O=C(Cn1cnc2ccccc21)Nc1nc2ccccc2[nH]1. The molecule has 0 aliphatic rings. The largest absolute Gasteiger partial charge is 0.324 e. The molecule has 108 valence electrons. The van der Waals surface area contributed by atoms with E-state index in [1.54, 1.807) is 6.33 Å². The molecule has 4 aromatic rings. The highest BCUT2D eigenvalue weighted by Crippen LogP contribution is 2.14. The van der Waals surface area contributed by atoms with E-state index in [9.17, 15) is 4.79 Å². The van der Waals surface area contributed by atoms with Gasteiger partial charge in [0, 0.05) is 0 Å². The number of fused-ring (bicyclic) bond motifs is 2. The molecule has 2 aromatic heterocycles. The summed E-state index contributed by atoms with van der Waals surface area (Å²) >= 11 is 0. The summed E-state index contributed by atoms with van der Waals surface area (Å²) in [6, 6.07) is 15.4. The third kappa shape index (κ3) is 2.20. The Morgan fingerprint density at radius 3 is 2.73 bits per heavy atom.